The molecule has 1 aromatic rings. The summed E-state index contributed by atoms with van der Waals surface area (Å²) in [6.07, 6.45) is 4.64. The number of nitrogens with two attached hydrogens (primary N) is 1. The molecule has 88 valence electrons. The second kappa shape index (κ2) is 6.15. The fourth-order valence-electron chi connectivity index (χ4n) is 1.29. The number of ketones is 1. The molecule has 2 N–H and O–H groups in total. The van der Waals surface area contributed by atoms with E-state index in [0.717, 1.165) is 4.47 Å². The molecule has 0 spiro atoms. The van der Waals surface area contributed by atoms with Crippen molar-refractivity contribution in [3.63, 3.8) is 0 Å². The molecular weight excluding hydrogens is 280 g/mol. The van der Waals surface area contributed by atoms with E-state index in [2.05, 4.69) is 27.5 Å². The first-order valence-corrected chi connectivity index (χ1v) is 5.80. The van der Waals surface area contributed by atoms with Gasteiger partial charge >= 0.3 is 0 Å². The number of hydrogen-bond donors (Lipinski definition) is 1. The van der Waals surface area contributed by atoms with Crippen LogP contribution in [0.5, 0.6) is 0 Å². The number of nitrogens with zero attached hydrogens (tertiary/aromatic N) is 1. The van der Waals surface area contributed by atoms with Gasteiger partial charge in [-0.1, -0.05) is 28.6 Å². The molecule has 0 fully saturated rings. The lowest BCUT2D eigenvalue weighted by atomic mass is 10.1. The Hall–Kier alpha value is -1.68. The van der Waals surface area contributed by atoms with E-state index in [1.807, 2.05) is 0 Å². The molecule has 0 saturated carbocycles. The van der Waals surface area contributed by atoms with Crippen molar-refractivity contribution < 1.29 is 4.79 Å². The van der Waals surface area contributed by atoms with E-state index < -0.39 is 0 Å². The largest absolute Gasteiger partial charge is 0.398 e. The van der Waals surface area contributed by atoms with Crippen LogP contribution in [0.15, 0.2) is 52.1 Å². The van der Waals surface area contributed by atoms with Crippen molar-refractivity contribution in [1.29, 1.82) is 0 Å². The van der Waals surface area contributed by atoms with Crippen molar-refractivity contribution in [3.05, 3.63) is 52.7 Å². The van der Waals surface area contributed by atoms with Crippen LogP contribution in [0.1, 0.15) is 17.3 Å². The number of benzene rings is 1. The summed E-state index contributed by atoms with van der Waals surface area (Å²) < 4.78 is 0.800. The van der Waals surface area contributed by atoms with E-state index >= 15 is 0 Å². The number of nitrogen functional groups attached to an aromatic ring is 1. The molecule has 1 aromatic carbocycles. The number of aliphatic imine (C=N–C) groups is 1. The summed E-state index contributed by atoms with van der Waals surface area (Å²) in [5.74, 6) is -0.221. The van der Waals surface area contributed by atoms with Gasteiger partial charge in [-0.05, 0) is 31.2 Å². The Balaban J connectivity index is 3.23. The summed E-state index contributed by atoms with van der Waals surface area (Å²) in [5, 5.41) is 0. The molecule has 0 aliphatic rings. The molecule has 0 saturated heterocycles. The highest BCUT2D eigenvalue weighted by atomic mass is 79.9. The Morgan fingerprint density at radius 1 is 1.53 bits per heavy atom. The van der Waals surface area contributed by atoms with Gasteiger partial charge in [0.15, 0.2) is 0 Å². The molecule has 0 bridgehead atoms. The van der Waals surface area contributed by atoms with Gasteiger partial charge in [-0.2, -0.15) is 0 Å². The van der Waals surface area contributed by atoms with Gasteiger partial charge < -0.3 is 5.73 Å². The van der Waals surface area contributed by atoms with Crippen LogP contribution in [-0.4, -0.2) is 12.0 Å². The number of carbonyl (C=O) groups is 1. The third-order valence-corrected chi connectivity index (χ3v) is 2.53. The maximum Gasteiger partial charge on any atom is 0.213 e. The number of allylic oxidation sites excluding steroid dienone is 3. The van der Waals surface area contributed by atoms with E-state index in [1.54, 1.807) is 37.4 Å². The molecule has 0 aliphatic carbocycles. The van der Waals surface area contributed by atoms with Crippen LogP contribution in [0.4, 0.5) is 5.69 Å². The first-order valence-electron chi connectivity index (χ1n) is 5.01. The zero-order valence-electron chi connectivity index (χ0n) is 9.48. The van der Waals surface area contributed by atoms with E-state index in [4.69, 9.17) is 5.73 Å². The molecule has 0 aliphatic heterocycles. The van der Waals surface area contributed by atoms with E-state index in [9.17, 15) is 4.79 Å². The van der Waals surface area contributed by atoms with Crippen LogP contribution >= 0.6 is 15.9 Å². The molecule has 0 radical (unpaired) electrons. The topological polar surface area (TPSA) is 55.5 Å². The zero-order chi connectivity index (χ0) is 12.8. The Morgan fingerprint density at radius 3 is 2.82 bits per heavy atom. The van der Waals surface area contributed by atoms with Crippen molar-refractivity contribution >= 4 is 33.6 Å². The standard InChI is InChI=1S/C13H13BrN2O/c1-3-5-12(16-4-2)13(17)10-8-9(14)6-7-11(10)15/h3-8H,1,15H2,2H3/b12-5-,16-4?. The van der Waals surface area contributed by atoms with Crippen LogP contribution in [0, 0.1) is 0 Å². The maximum absolute atomic E-state index is 12.2. The molecule has 0 unspecified atom stereocenters. The van der Waals surface area contributed by atoms with Crippen LogP contribution in [-0.2, 0) is 0 Å². The van der Waals surface area contributed by atoms with Gasteiger partial charge in [0.25, 0.3) is 0 Å². The van der Waals surface area contributed by atoms with Crippen molar-refractivity contribution in [1.82, 2.24) is 0 Å². The summed E-state index contributed by atoms with van der Waals surface area (Å²) in [4.78, 5) is 16.2. The first-order chi connectivity index (χ1) is 8.10. The zero-order valence-corrected chi connectivity index (χ0v) is 11.1. The average molecular weight is 293 g/mol. The van der Waals surface area contributed by atoms with Gasteiger partial charge in [0, 0.05) is 21.9 Å². The normalized spacial score (nSPS) is 11.8. The Kier molecular flexibility index (Phi) is 4.84. The van der Waals surface area contributed by atoms with Gasteiger partial charge in [0.2, 0.25) is 5.78 Å². The number of carbonyl (C=O) groups excluding carboxylic acids is 1. The minimum atomic E-state index is -0.221. The average Bonchev–Trinajstić information content (AvgIpc) is 2.31. The van der Waals surface area contributed by atoms with Gasteiger partial charge in [0.1, 0.15) is 5.70 Å². The Morgan fingerprint density at radius 2 is 2.24 bits per heavy atom. The highest BCUT2D eigenvalue weighted by molar-refractivity contribution is 9.10. The first kappa shape index (κ1) is 13.4. The highest BCUT2D eigenvalue weighted by Gasteiger charge is 2.14. The third kappa shape index (κ3) is 3.39. The number of halogens is 1. The molecule has 17 heavy (non-hydrogen) atoms. The number of Topliss-reactive ketones (excluding diaryl/α,β-unsaturated/α-hetero) is 1. The molecule has 3 nitrogen and oxygen atoms in total. The monoisotopic (exact) mass is 292 g/mol. The molecule has 0 atom stereocenters. The lowest BCUT2D eigenvalue weighted by molar-refractivity contribution is 0.103. The molecule has 0 heterocycles. The van der Waals surface area contributed by atoms with Crippen LogP contribution in [0.25, 0.3) is 0 Å². The molecular formula is C13H13BrN2O. The third-order valence-electron chi connectivity index (χ3n) is 2.04. The predicted molar refractivity (Wildman–Crippen MR) is 75.3 cm³/mol. The van der Waals surface area contributed by atoms with Crippen molar-refractivity contribution in [2.24, 2.45) is 4.99 Å². The lowest BCUT2D eigenvalue weighted by Crippen LogP contribution is -2.06. The van der Waals surface area contributed by atoms with Crippen LogP contribution in [0.3, 0.4) is 0 Å². The summed E-state index contributed by atoms with van der Waals surface area (Å²) in [6, 6.07) is 5.14. The second-order valence-corrected chi connectivity index (χ2v) is 4.15. The fraction of sp³-hybridized carbons (Fsp3) is 0.0769. The van der Waals surface area contributed by atoms with E-state index in [0.29, 0.717) is 16.9 Å². The Labute approximate surface area is 109 Å². The molecule has 1 rings (SSSR count). The summed E-state index contributed by atoms with van der Waals surface area (Å²) >= 11 is 3.31. The minimum Gasteiger partial charge on any atom is -0.398 e. The molecule has 0 amide bonds. The predicted octanol–water partition coefficient (Wildman–Crippen LogP) is 3.37. The molecule has 0 aromatic heterocycles. The molecule has 4 heteroatoms. The highest BCUT2D eigenvalue weighted by Crippen LogP contribution is 2.21. The van der Waals surface area contributed by atoms with Gasteiger partial charge in [-0.25, -0.2) is 0 Å². The van der Waals surface area contributed by atoms with Gasteiger partial charge in [-0.3, -0.25) is 9.79 Å². The van der Waals surface area contributed by atoms with Crippen LogP contribution in [0.2, 0.25) is 0 Å². The SMILES string of the molecule is C=C/C=C(\N=CC)C(=O)c1cc(Br)ccc1N. The summed E-state index contributed by atoms with van der Waals surface area (Å²) in [7, 11) is 0. The maximum atomic E-state index is 12.2. The fourth-order valence-corrected chi connectivity index (χ4v) is 1.65. The van der Waals surface area contributed by atoms with E-state index in [-0.39, 0.29) is 5.78 Å². The minimum absolute atomic E-state index is 0.221. The summed E-state index contributed by atoms with van der Waals surface area (Å²) in [5.41, 5.74) is 6.95. The summed E-state index contributed by atoms with van der Waals surface area (Å²) in [6.45, 7) is 5.30. The van der Waals surface area contributed by atoms with Crippen molar-refractivity contribution in [3.8, 4) is 0 Å². The smallest absolute Gasteiger partial charge is 0.213 e. The Bertz CT molecular complexity index is 504. The number of rotatable bonds is 4. The number of hydrogen-bond acceptors (Lipinski definition) is 3. The van der Waals surface area contributed by atoms with Crippen molar-refractivity contribution in [2.75, 3.05) is 5.73 Å². The quantitative estimate of drug-likeness (QED) is 0.304. The van der Waals surface area contributed by atoms with E-state index in [1.165, 1.54) is 6.08 Å². The van der Waals surface area contributed by atoms with Gasteiger partial charge in [0.05, 0.1) is 0 Å². The van der Waals surface area contributed by atoms with Crippen LogP contribution < -0.4 is 5.73 Å². The number of anilines is 1. The second-order valence-electron chi connectivity index (χ2n) is 3.24. The lowest BCUT2D eigenvalue weighted by Gasteiger charge is -2.05. The van der Waals surface area contributed by atoms with Gasteiger partial charge in [-0.15, -0.1) is 0 Å². The van der Waals surface area contributed by atoms with Crippen molar-refractivity contribution in [2.45, 2.75) is 6.92 Å².